The molecule has 1 aliphatic rings. The van der Waals surface area contributed by atoms with Crippen LogP contribution in [0.3, 0.4) is 0 Å². The number of aliphatic hydroxyl groups excluding tert-OH is 1. The Hall–Kier alpha value is -0.860. The van der Waals surface area contributed by atoms with Gasteiger partial charge in [0.25, 0.3) is 0 Å². The SMILES string of the molecule is CCC1CCC(N[C@H](CO)c2ccccc2)CC1. The first kappa shape index (κ1) is 13.6. The van der Waals surface area contributed by atoms with Crippen molar-refractivity contribution in [3.63, 3.8) is 0 Å². The fourth-order valence-corrected chi connectivity index (χ4v) is 2.96. The highest BCUT2D eigenvalue weighted by Crippen LogP contribution is 2.28. The molecule has 2 N–H and O–H groups in total. The molecule has 1 aromatic rings. The van der Waals surface area contributed by atoms with Crippen molar-refractivity contribution >= 4 is 0 Å². The van der Waals surface area contributed by atoms with Crippen LogP contribution in [-0.4, -0.2) is 17.8 Å². The molecule has 0 aliphatic heterocycles. The Morgan fingerprint density at radius 3 is 2.39 bits per heavy atom. The molecule has 0 aromatic heterocycles. The molecule has 0 unspecified atom stereocenters. The summed E-state index contributed by atoms with van der Waals surface area (Å²) in [5.41, 5.74) is 1.19. The monoisotopic (exact) mass is 247 g/mol. The first-order valence-corrected chi connectivity index (χ1v) is 7.25. The fraction of sp³-hybridized carbons (Fsp3) is 0.625. The molecule has 2 heteroatoms. The Labute approximate surface area is 110 Å². The molecule has 1 aliphatic carbocycles. The van der Waals surface area contributed by atoms with Gasteiger partial charge in [0.05, 0.1) is 12.6 Å². The third-order valence-electron chi connectivity index (χ3n) is 4.25. The van der Waals surface area contributed by atoms with Crippen LogP contribution in [0.15, 0.2) is 30.3 Å². The number of benzene rings is 1. The summed E-state index contributed by atoms with van der Waals surface area (Å²) in [5.74, 6) is 0.923. The topological polar surface area (TPSA) is 32.3 Å². The molecular formula is C16H25NO. The van der Waals surface area contributed by atoms with Gasteiger partial charge in [-0.1, -0.05) is 43.7 Å². The van der Waals surface area contributed by atoms with Gasteiger partial charge in [-0.15, -0.1) is 0 Å². The van der Waals surface area contributed by atoms with Crippen molar-refractivity contribution in [3.05, 3.63) is 35.9 Å². The first-order chi connectivity index (χ1) is 8.83. The van der Waals surface area contributed by atoms with Crippen LogP contribution in [0.2, 0.25) is 0 Å². The van der Waals surface area contributed by atoms with Gasteiger partial charge in [-0.3, -0.25) is 0 Å². The van der Waals surface area contributed by atoms with E-state index in [0.717, 1.165) is 5.92 Å². The van der Waals surface area contributed by atoms with Crippen molar-refractivity contribution in [2.75, 3.05) is 6.61 Å². The molecule has 0 bridgehead atoms. The molecule has 100 valence electrons. The van der Waals surface area contributed by atoms with Crippen LogP contribution in [0, 0.1) is 5.92 Å². The standard InChI is InChI=1S/C16H25NO/c1-2-13-8-10-15(11-9-13)17-16(12-18)14-6-4-3-5-7-14/h3-7,13,15-18H,2,8-12H2,1H3/t13?,15?,16-/m1/s1. The molecule has 0 radical (unpaired) electrons. The van der Waals surface area contributed by atoms with Gasteiger partial charge < -0.3 is 10.4 Å². The minimum absolute atomic E-state index is 0.0920. The summed E-state index contributed by atoms with van der Waals surface area (Å²) in [6.07, 6.45) is 6.49. The molecule has 1 atom stereocenters. The van der Waals surface area contributed by atoms with Gasteiger partial charge in [-0.25, -0.2) is 0 Å². The molecule has 1 fully saturated rings. The highest BCUT2D eigenvalue weighted by molar-refractivity contribution is 5.19. The van der Waals surface area contributed by atoms with Gasteiger partial charge in [0.15, 0.2) is 0 Å². The average molecular weight is 247 g/mol. The Balaban J connectivity index is 1.88. The van der Waals surface area contributed by atoms with Crippen molar-refractivity contribution in [1.29, 1.82) is 0 Å². The van der Waals surface area contributed by atoms with E-state index in [1.54, 1.807) is 0 Å². The zero-order chi connectivity index (χ0) is 12.8. The molecule has 0 amide bonds. The lowest BCUT2D eigenvalue weighted by Gasteiger charge is -2.31. The van der Waals surface area contributed by atoms with Crippen LogP contribution in [0.25, 0.3) is 0 Å². The largest absolute Gasteiger partial charge is 0.394 e. The van der Waals surface area contributed by atoms with Crippen molar-refractivity contribution in [2.24, 2.45) is 5.92 Å². The van der Waals surface area contributed by atoms with E-state index in [1.165, 1.54) is 37.7 Å². The maximum Gasteiger partial charge on any atom is 0.0626 e. The minimum atomic E-state index is 0.0920. The Bertz CT molecular complexity index is 330. The van der Waals surface area contributed by atoms with Crippen LogP contribution >= 0.6 is 0 Å². The number of hydrogen-bond acceptors (Lipinski definition) is 2. The number of rotatable bonds is 5. The average Bonchev–Trinajstić information content (AvgIpc) is 2.46. The van der Waals surface area contributed by atoms with E-state index in [4.69, 9.17) is 0 Å². The summed E-state index contributed by atoms with van der Waals surface area (Å²) in [7, 11) is 0. The summed E-state index contributed by atoms with van der Waals surface area (Å²) in [6.45, 7) is 2.47. The molecular weight excluding hydrogens is 222 g/mol. The van der Waals surface area contributed by atoms with Crippen LogP contribution in [-0.2, 0) is 0 Å². The highest BCUT2D eigenvalue weighted by Gasteiger charge is 2.22. The van der Waals surface area contributed by atoms with E-state index in [0.29, 0.717) is 6.04 Å². The van der Waals surface area contributed by atoms with Gasteiger partial charge in [0, 0.05) is 6.04 Å². The third kappa shape index (κ3) is 3.56. The van der Waals surface area contributed by atoms with Gasteiger partial charge in [-0.05, 0) is 37.2 Å². The van der Waals surface area contributed by atoms with Crippen LogP contribution < -0.4 is 5.32 Å². The predicted molar refractivity (Wildman–Crippen MR) is 75.4 cm³/mol. The summed E-state index contributed by atoms with van der Waals surface area (Å²) in [4.78, 5) is 0. The lowest BCUT2D eigenvalue weighted by molar-refractivity contribution is 0.207. The number of hydrogen-bond donors (Lipinski definition) is 2. The molecule has 1 aromatic carbocycles. The maximum atomic E-state index is 9.55. The summed E-state index contributed by atoms with van der Waals surface area (Å²) in [5, 5.41) is 13.2. The van der Waals surface area contributed by atoms with Crippen molar-refractivity contribution in [2.45, 2.75) is 51.1 Å². The summed E-state index contributed by atoms with van der Waals surface area (Å²) in [6, 6.07) is 10.9. The quantitative estimate of drug-likeness (QED) is 0.837. The summed E-state index contributed by atoms with van der Waals surface area (Å²) >= 11 is 0. The Morgan fingerprint density at radius 2 is 1.83 bits per heavy atom. The van der Waals surface area contributed by atoms with E-state index in [1.807, 2.05) is 18.2 Å². The van der Waals surface area contributed by atoms with Gasteiger partial charge in [0.2, 0.25) is 0 Å². The summed E-state index contributed by atoms with van der Waals surface area (Å²) < 4.78 is 0. The van der Waals surface area contributed by atoms with Gasteiger partial charge in [-0.2, -0.15) is 0 Å². The second-order valence-electron chi connectivity index (χ2n) is 5.44. The van der Waals surface area contributed by atoms with Crippen LogP contribution in [0.1, 0.15) is 50.6 Å². The molecule has 2 rings (SSSR count). The number of nitrogens with one attached hydrogen (secondary N) is 1. The molecule has 2 nitrogen and oxygen atoms in total. The third-order valence-corrected chi connectivity index (χ3v) is 4.25. The Kier molecular flexibility index (Phi) is 5.21. The fourth-order valence-electron chi connectivity index (χ4n) is 2.96. The Morgan fingerprint density at radius 1 is 1.17 bits per heavy atom. The number of aliphatic hydroxyl groups is 1. The van der Waals surface area contributed by atoms with E-state index in [9.17, 15) is 5.11 Å². The highest BCUT2D eigenvalue weighted by atomic mass is 16.3. The molecule has 0 heterocycles. The molecule has 0 saturated heterocycles. The van der Waals surface area contributed by atoms with E-state index in [2.05, 4.69) is 24.4 Å². The second kappa shape index (κ2) is 6.91. The first-order valence-electron chi connectivity index (χ1n) is 7.25. The molecule has 1 saturated carbocycles. The minimum Gasteiger partial charge on any atom is -0.394 e. The van der Waals surface area contributed by atoms with Gasteiger partial charge >= 0.3 is 0 Å². The lowest BCUT2D eigenvalue weighted by atomic mass is 9.84. The van der Waals surface area contributed by atoms with E-state index >= 15 is 0 Å². The second-order valence-corrected chi connectivity index (χ2v) is 5.44. The van der Waals surface area contributed by atoms with E-state index < -0.39 is 0 Å². The van der Waals surface area contributed by atoms with E-state index in [-0.39, 0.29) is 12.6 Å². The molecule has 0 spiro atoms. The zero-order valence-electron chi connectivity index (χ0n) is 11.3. The molecule has 18 heavy (non-hydrogen) atoms. The van der Waals surface area contributed by atoms with Crippen molar-refractivity contribution < 1.29 is 5.11 Å². The van der Waals surface area contributed by atoms with Gasteiger partial charge in [0.1, 0.15) is 0 Å². The van der Waals surface area contributed by atoms with Crippen LogP contribution in [0.4, 0.5) is 0 Å². The zero-order valence-corrected chi connectivity index (χ0v) is 11.3. The van der Waals surface area contributed by atoms with Crippen LogP contribution in [0.5, 0.6) is 0 Å². The predicted octanol–water partition coefficient (Wildman–Crippen LogP) is 3.28. The lowest BCUT2D eigenvalue weighted by Crippen LogP contribution is -2.37. The normalized spacial score (nSPS) is 25.9. The van der Waals surface area contributed by atoms with Crippen molar-refractivity contribution in [3.8, 4) is 0 Å². The smallest absolute Gasteiger partial charge is 0.0626 e. The van der Waals surface area contributed by atoms with Crippen molar-refractivity contribution in [1.82, 2.24) is 5.32 Å². The maximum absolute atomic E-state index is 9.55.